The van der Waals surface area contributed by atoms with Crippen molar-refractivity contribution in [1.82, 2.24) is 0 Å². The Morgan fingerprint density at radius 3 is 1.11 bits per heavy atom. The van der Waals surface area contributed by atoms with Gasteiger partial charge in [-0.15, -0.1) is 0 Å². The van der Waals surface area contributed by atoms with E-state index in [2.05, 4.69) is 155 Å². The maximum Gasteiger partial charge on any atom is 0.346 e. The van der Waals surface area contributed by atoms with E-state index in [9.17, 15) is 15.2 Å². The Labute approximate surface area is 320 Å². The van der Waals surface area contributed by atoms with E-state index in [1.807, 2.05) is 54.6 Å². The zero-order valence-electron chi connectivity index (χ0n) is 29.8. The quantitative estimate of drug-likeness (QED) is 0.113. The van der Waals surface area contributed by atoms with Gasteiger partial charge in [-0.25, -0.2) is 4.79 Å². The van der Waals surface area contributed by atoms with Gasteiger partial charge in [0.15, 0.2) is 0 Å². The molecular weight excluding hydrogens is 675 g/mol. The molecule has 0 aliphatic heterocycles. The SMILES string of the molecule is N#CC(=Cc1ccc(N(c2ccccc2)c2ccc(-c3ccc(-c4ccc(N(c5ccccc5)c5ccccc5)cc4)c4ccccc34)cc2)cc1)C(=O)O. The molecule has 1 N–H and O–H groups in total. The van der Waals surface area contributed by atoms with Crippen molar-refractivity contribution < 1.29 is 9.90 Å². The van der Waals surface area contributed by atoms with Crippen molar-refractivity contribution in [3.8, 4) is 28.3 Å². The van der Waals surface area contributed by atoms with Gasteiger partial charge >= 0.3 is 5.97 Å². The number of carboxylic acids is 1. The molecule has 5 nitrogen and oxygen atoms in total. The number of hydrogen-bond donors (Lipinski definition) is 1. The molecule has 0 heterocycles. The highest BCUT2D eigenvalue weighted by Crippen LogP contribution is 2.40. The summed E-state index contributed by atoms with van der Waals surface area (Å²) in [5.74, 6) is -1.25. The maximum atomic E-state index is 11.4. The van der Waals surface area contributed by atoms with Gasteiger partial charge < -0.3 is 14.9 Å². The number of hydrogen-bond acceptors (Lipinski definition) is 4. The van der Waals surface area contributed by atoms with Crippen LogP contribution < -0.4 is 9.80 Å². The molecule has 0 saturated heterocycles. The lowest BCUT2D eigenvalue weighted by Gasteiger charge is -2.26. The summed E-state index contributed by atoms with van der Waals surface area (Å²) in [5.41, 5.74) is 11.1. The Morgan fingerprint density at radius 2 is 0.764 bits per heavy atom. The van der Waals surface area contributed by atoms with Crippen molar-refractivity contribution in [2.24, 2.45) is 0 Å². The topological polar surface area (TPSA) is 67.6 Å². The molecule has 0 spiro atoms. The average Bonchev–Trinajstić information content (AvgIpc) is 3.25. The summed E-state index contributed by atoms with van der Waals surface area (Å²) in [6, 6.07) is 70.6. The summed E-state index contributed by atoms with van der Waals surface area (Å²) in [6.45, 7) is 0. The Balaban J connectivity index is 1.12. The van der Waals surface area contributed by atoms with Gasteiger partial charge in [-0.05, 0) is 117 Å². The van der Waals surface area contributed by atoms with Crippen molar-refractivity contribution in [2.75, 3.05) is 9.80 Å². The second-order valence-electron chi connectivity index (χ2n) is 13.0. The first-order chi connectivity index (χ1) is 27.1. The molecule has 0 bridgehead atoms. The first-order valence-electron chi connectivity index (χ1n) is 18.0. The number of nitriles is 1. The number of fused-ring (bicyclic) bond motifs is 1. The largest absolute Gasteiger partial charge is 0.477 e. The molecule has 8 rings (SSSR count). The van der Waals surface area contributed by atoms with Crippen LogP contribution in [0.2, 0.25) is 0 Å². The minimum Gasteiger partial charge on any atom is -0.477 e. The van der Waals surface area contributed by atoms with Crippen molar-refractivity contribution in [3.63, 3.8) is 0 Å². The van der Waals surface area contributed by atoms with E-state index in [1.165, 1.54) is 22.4 Å². The second-order valence-corrected chi connectivity index (χ2v) is 13.0. The highest BCUT2D eigenvalue weighted by atomic mass is 16.4. The van der Waals surface area contributed by atoms with Crippen LogP contribution in [-0.2, 0) is 4.79 Å². The fraction of sp³-hybridized carbons (Fsp3) is 0. The van der Waals surface area contributed by atoms with Gasteiger partial charge in [0, 0.05) is 34.1 Å². The van der Waals surface area contributed by atoms with Crippen LogP contribution >= 0.6 is 0 Å². The summed E-state index contributed by atoms with van der Waals surface area (Å²) >= 11 is 0. The molecule has 0 aromatic heterocycles. The van der Waals surface area contributed by atoms with E-state index in [4.69, 9.17) is 0 Å². The fourth-order valence-corrected chi connectivity index (χ4v) is 7.04. The predicted octanol–water partition coefficient (Wildman–Crippen LogP) is 13.1. The molecule has 55 heavy (non-hydrogen) atoms. The normalized spacial score (nSPS) is 11.1. The summed E-state index contributed by atoms with van der Waals surface area (Å²) in [7, 11) is 0. The van der Waals surface area contributed by atoms with Crippen LogP contribution in [0.25, 0.3) is 39.1 Å². The fourth-order valence-electron chi connectivity index (χ4n) is 7.04. The molecular formula is C50H35N3O2. The molecule has 262 valence electrons. The Morgan fingerprint density at radius 1 is 0.436 bits per heavy atom. The highest BCUT2D eigenvalue weighted by Gasteiger charge is 2.16. The lowest BCUT2D eigenvalue weighted by molar-refractivity contribution is -0.132. The van der Waals surface area contributed by atoms with Gasteiger partial charge in [-0.3, -0.25) is 0 Å². The van der Waals surface area contributed by atoms with E-state index < -0.39 is 5.97 Å². The van der Waals surface area contributed by atoms with E-state index in [-0.39, 0.29) is 5.57 Å². The van der Waals surface area contributed by atoms with E-state index in [1.54, 1.807) is 6.07 Å². The molecule has 5 heteroatoms. The number of carboxylic acid groups (broad SMARTS) is 1. The average molecular weight is 710 g/mol. The van der Waals surface area contributed by atoms with Crippen LogP contribution in [0.5, 0.6) is 0 Å². The third-order valence-electron chi connectivity index (χ3n) is 9.65. The summed E-state index contributed by atoms with van der Waals surface area (Å²) < 4.78 is 0. The van der Waals surface area contributed by atoms with Gasteiger partial charge in [0.25, 0.3) is 0 Å². The Kier molecular flexibility index (Phi) is 9.70. The van der Waals surface area contributed by atoms with Crippen LogP contribution in [0.15, 0.2) is 206 Å². The van der Waals surface area contributed by atoms with Gasteiger partial charge in [-0.2, -0.15) is 5.26 Å². The Hall–Kier alpha value is -7.68. The van der Waals surface area contributed by atoms with Crippen LogP contribution in [-0.4, -0.2) is 11.1 Å². The van der Waals surface area contributed by atoms with E-state index in [0.717, 1.165) is 50.8 Å². The zero-order chi connectivity index (χ0) is 37.6. The van der Waals surface area contributed by atoms with Crippen molar-refractivity contribution in [3.05, 3.63) is 211 Å². The van der Waals surface area contributed by atoms with Gasteiger partial charge in [0.1, 0.15) is 11.6 Å². The van der Waals surface area contributed by atoms with Crippen molar-refractivity contribution >= 4 is 56.9 Å². The standard InChI is InChI=1S/C50H35N3O2/c51-35-39(50(54)55)34-36-20-26-43(27-21-36)53(42-16-8-3-9-17-42)45-30-24-38(25-31-45)47-33-32-46(48-18-10-11-19-49(47)48)37-22-28-44(29-23-37)52(40-12-4-1-5-13-40)41-14-6-2-7-15-41/h1-34H,(H,54,55). The van der Waals surface area contributed by atoms with Crippen LogP contribution in [0, 0.1) is 11.3 Å². The van der Waals surface area contributed by atoms with Crippen LogP contribution in [0.1, 0.15) is 5.56 Å². The number of aliphatic carboxylic acids is 1. The molecule has 0 fully saturated rings. The lowest BCUT2D eigenvalue weighted by Crippen LogP contribution is -2.09. The van der Waals surface area contributed by atoms with Gasteiger partial charge in [-0.1, -0.05) is 127 Å². The summed E-state index contributed by atoms with van der Waals surface area (Å²) in [6.07, 6.45) is 1.38. The van der Waals surface area contributed by atoms with Crippen molar-refractivity contribution in [2.45, 2.75) is 0 Å². The number of rotatable bonds is 10. The highest BCUT2D eigenvalue weighted by molar-refractivity contribution is 6.05. The molecule has 0 aliphatic rings. The third-order valence-corrected chi connectivity index (χ3v) is 9.65. The molecule has 8 aromatic carbocycles. The van der Waals surface area contributed by atoms with E-state index >= 15 is 0 Å². The first kappa shape index (κ1) is 34.4. The van der Waals surface area contributed by atoms with Gasteiger partial charge in [0.05, 0.1) is 0 Å². The second kappa shape index (κ2) is 15.5. The van der Waals surface area contributed by atoms with Crippen molar-refractivity contribution in [1.29, 1.82) is 5.26 Å². The molecule has 0 aliphatic carbocycles. The molecule has 0 unspecified atom stereocenters. The van der Waals surface area contributed by atoms with Gasteiger partial charge in [0.2, 0.25) is 0 Å². The molecule has 0 atom stereocenters. The number of nitrogens with zero attached hydrogens (tertiary/aromatic N) is 3. The maximum absolute atomic E-state index is 11.4. The number of benzene rings is 8. The minimum atomic E-state index is -1.25. The monoisotopic (exact) mass is 709 g/mol. The number of para-hydroxylation sites is 3. The molecule has 8 aromatic rings. The van der Waals surface area contributed by atoms with E-state index in [0.29, 0.717) is 5.56 Å². The molecule has 0 saturated carbocycles. The lowest BCUT2D eigenvalue weighted by atomic mass is 9.92. The smallest absolute Gasteiger partial charge is 0.346 e. The first-order valence-corrected chi connectivity index (χ1v) is 18.0. The number of carbonyl (C=O) groups is 1. The molecule has 0 radical (unpaired) electrons. The van der Waals surface area contributed by atoms with Crippen LogP contribution in [0.3, 0.4) is 0 Å². The zero-order valence-corrected chi connectivity index (χ0v) is 29.8. The third kappa shape index (κ3) is 7.21. The number of anilines is 6. The van der Waals surface area contributed by atoms with Crippen LogP contribution in [0.4, 0.5) is 34.1 Å². The molecule has 0 amide bonds. The Bertz CT molecular complexity index is 2610. The summed E-state index contributed by atoms with van der Waals surface area (Å²) in [4.78, 5) is 15.8. The minimum absolute atomic E-state index is 0.310. The summed E-state index contributed by atoms with van der Waals surface area (Å²) in [5, 5.41) is 20.9. The predicted molar refractivity (Wildman–Crippen MR) is 225 cm³/mol.